The fourth-order valence-corrected chi connectivity index (χ4v) is 2.22. The molecule has 0 saturated carbocycles. The largest absolute Gasteiger partial charge is 0.454 e. The summed E-state index contributed by atoms with van der Waals surface area (Å²) in [6.45, 7) is 4.06. The molecule has 0 radical (unpaired) electrons. The van der Waals surface area contributed by atoms with Gasteiger partial charge in [-0.05, 0) is 25.1 Å². The first kappa shape index (κ1) is 11.3. The van der Waals surface area contributed by atoms with Gasteiger partial charge in [-0.3, -0.25) is 4.79 Å². The number of carbonyl (C=O) groups excluding carboxylic acids is 1. The minimum atomic E-state index is 0.0171. The van der Waals surface area contributed by atoms with Gasteiger partial charge in [-0.2, -0.15) is 0 Å². The molecule has 2 aliphatic rings. The number of amides is 1. The summed E-state index contributed by atoms with van der Waals surface area (Å²) in [5.74, 6) is 1.35. The molecule has 1 atom stereocenters. The zero-order valence-corrected chi connectivity index (χ0v) is 10.2. The Balaban J connectivity index is 1.79. The third-order valence-electron chi connectivity index (χ3n) is 3.15. The van der Waals surface area contributed by atoms with Gasteiger partial charge in [0, 0.05) is 18.7 Å². The van der Waals surface area contributed by atoms with Gasteiger partial charge in [-0.15, -0.1) is 0 Å². The van der Waals surface area contributed by atoms with Crippen molar-refractivity contribution in [2.45, 2.75) is 13.0 Å². The van der Waals surface area contributed by atoms with E-state index < -0.39 is 0 Å². The summed E-state index contributed by atoms with van der Waals surface area (Å²) < 4.78 is 15.9. The predicted octanol–water partition coefficient (Wildman–Crippen LogP) is 1.28. The first-order chi connectivity index (χ1) is 8.74. The molecule has 0 unspecified atom stereocenters. The maximum Gasteiger partial charge on any atom is 0.254 e. The van der Waals surface area contributed by atoms with Crippen LogP contribution in [-0.2, 0) is 4.74 Å². The van der Waals surface area contributed by atoms with Gasteiger partial charge >= 0.3 is 0 Å². The topological polar surface area (TPSA) is 48.0 Å². The third kappa shape index (κ3) is 2.01. The molecular weight excluding hydrogens is 234 g/mol. The number of morpholine rings is 1. The number of ether oxygens (including phenoxy) is 3. The van der Waals surface area contributed by atoms with Crippen molar-refractivity contribution in [2.75, 3.05) is 26.5 Å². The molecule has 1 aromatic rings. The minimum Gasteiger partial charge on any atom is -0.454 e. The van der Waals surface area contributed by atoms with E-state index in [0.29, 0.717) is 36.8 Å². The zero-order valence-electron chi connectivity index (χ0n) is 10.2. The van der Waals surface area contributed by atoms with Gasteiger partial charge in [0.05, 0.1) is 12.7 Å². The average Bonchev–Trinajstić information content (AvgIpc) is 2.85. The van der Waals surface area contributed by atoms with E-state index in [1.165, 1.54) is 0 Å². The number of fused-ring (bicyclic) bond motifs is 1. The summed E-state index contributed by atoms with van der Waals surface area (Å²) in [6, 6.07) is 5.29. The molecule has 5 nitrogen and oxygen atoms in total. The molecule has 1 aromatic carbocycles. The van der Waals surface area contributed by atoms with E-state index >= 15 is 0 Å². The normalized spacial score (nSPS) is 22.1. The Labute approximate surface area is 105 Å². The van der Waals surface area contributed by atoms with E-state index in [1.807, 2.05) is 11.8 Å². The van der Waals surface area contributed by atoms with E-state index in [2.05, 4.69) is 0 Å². The van der Waals surface area contributed by atoms with E-state index in [4.69, 9.17) is 14.2 Å². The molecule has 0 aromatic heterocycles. The van der Waals surface area contributed by atoms with Crippen molar-refractivity contribution < 1.29 is 19.0 Å². The molecule has 0 bridgehead atoms. The Morgan fingerprint density at radius 3 is 3.00 bits per heavy atom. The van der Waals surface area contributed by atoms with E-state index in [9.17, 15) is 4.79 Å². The molecule has 18 heavy (non-hydrogen) atoms. The van der Waals surface area contributed by atoms with E-state index in [1.54, 1.807) is 18.2 Å². The van der Waals surface area contributed by atoms with Crippen molar-refractivity contribution in [2.24, 2.45) is 0 Å². The summed E-state index contributed by atoms with van der Waals surface area (Å²) in [6.07, 6.45) is 0.0942. The zero-order chi connectivity index (χ0) is 12.5. The maximum atomic E-state index is 12.3. The van der Waals surface area contributed by atoms with E-state index in [-0.39, 0.29) is 18.8 Å². The van der Waals surface area contributed by atoms with Crippen molar-refractivity contribution in [3.05, 3.63) is 23.8 Å². The molecule has 3 rings (SSSR count). The second kappa shape index (κ2) is 4.49. The smallest absolute Gasteiger partial charge is 0.254 e. The molecule has 96 valence electrons. The lowest BCUT2D eigenvalue weighted by molar-refractivity contribution is -0.0124. The van der Waals surface area contributed by atoms with Crippen molar-refractivity contribution in [3.63, 3.8) is 0 Å². The molecule has 5 heteroatoms. The summed E-state index contributed by atoms with van der Waals surface area (Å²) in [5, 5.41) is 0. The van der Waals surface area contributed by atoms with Gasteiger partial charge < -0.3 is 19.1 Å². The Morgan fingerprint density at radius 2 is 2.17 bits per heavy atom. The molecule has 0 spiro atoms. The third-order valence-corrected chi connectivity index (χ3v) is 3.15. The summed E-state index contributed by atoms with van der Waals surface area (Å²) in [7, 11) is 0. The van der Waals surface area contributed by atoms with Crippen LogP contribution in [0, 0.1) is 0 Å². The predicted molar refractivity (Wildman–Crippen MR) is 63.9 cm³/mol. The minimum absolute atomic E-state index is 0.0171. The van der Waals surface area contributed by atoms with Crippen molar-refractivity contribution >= 4 is 5.91 Å². The Morgan fingerprint density at radius 1 is 1.33 bits per heavy atom. The lowest BCUT2D eigenvalue weighted by atomic mass is 10.1. The van der Waals surface area contributed by atoms with Gasteiger partial charge in [0.15, 0.2) is 11.5 Å². The van der Waals surface area contributed by atoms with Crippen LogP contribution in [0.15, 0.2) is 18.2 Å². The highest BCUT2D eigenvalue weighted by atomic mass is 16.7. The van der Waals surface area contributed by atoms with Gasteiger partial charge in [0.2, 0.25) is 6.79 Å². The van der Waals surface area contributed by atoms with Crippen molar-refractivity contribution in [3.8, 4) is 11.5 Å². The van der Waals surface area contributed by atoms with Crippen molar-refractivity contribution in [1.82, 2.24) is 4.90 Å². The highest BCUT2D eigenvalue weighted by Crippen LogP contribution is 2.32. The number of benzene rings is 1. The van der Waals surface area contributed by atoms with Crippen LogP contribution < -0.4 is 9.47 Å². The lowest BCUT2D eigenvalue weighted by Gasteiger charge is -2.31. The highest BCUT2D eigenvalue weighted by Gasteiger charge is 2.24. The van der Waals surface area contributed by atoms with Crippen LogP contribution in [0.5, 0.6) is 11.5 Å². The van der Waals surface area contributed by atoms with Crippen molar-refractivity contribution in [1.29, 1.82) is 0 Å². The summed E-state index contributed by atoms with van der Waals surface area (Å²) in [5.41, 5.74) is 0.633. The number of nitrogens with zero attached hydrogens (tertiary/aromatic N) is 1. The fraction of sp³-hybridized carbons (Fsp3) is 0.462. The Hall–Kier alpha value is -1.75. The van der Waals surface area contributed by atoms with Crippen LogP contribution in [0.25, 0.3) is 0 Å². The number of hydrogen-bond donors (Lipinski definition) is 0. The highest BCUT2D eigenvalue weighted by molar-refractivity contribution is 5.95. The molecule has 0 aliphatic carbocycles. The monoisotopic (exact) mass is 249 g/mol. The van der Waals surface area contributed by atoms with Gasteiger partial charge in [0.25, 0.3) is 5.91 Å². The van der Waals surface area contributed by atoms with Crippen LogP contribution in [0.2, 0.25) is 0 Å². The van der Waals surface area contributed by atoms with Crippen LogP contribution in [-0.4, -0.2) is 43.4 Å². The summed E-state index contributed by atoms with van der Waals surface area (Å²) >= 11 is 0. The van der Waals surface area contributed by atoms with Gasteiger partial charge in [-0.1, -0.05) is 0 Å². The Kier molecular flexibility index (Phi) is 2.83. The lowest BCUT2D eigenvalue weighted by Crippen LogP contribution is -2.44. The molecular formula is C13H15NO4. The second-order valence-corrected chi connectivity index (χ2v) is 4.50. The number of rotatable bonds is 1. The molecule has 1 fully saturated rings. The molecule has 0 N–H and O–H groups in total. The molecule has 1 saturated heterocycles. The number of carbonyl (C=O) groups is 1. The quantitative estimate of drug-likeness (QED) is 0.752. The maximum absolute atomic E-state index is 12.3. The second-order valence-electron chi connectivity index (χ2n) is 4.50. The summed E-state index contributed by atoms with van der Waals surface area (Å²) in [4.78, 5) is 14.1. The molecule has 1 amide bonds. The average molecular weight is 249 g/mol. The first-order valence-corrected chi connectivity index (χ1v) is 6.04. The molecule has 2 aliphatic heterocycles. The van der Waals surface area contributed by atoms with Crippen LogP contribution in [0.3, 0.4) is 0 Å². The fourth-order valence-electron chi connectivity index (χ4n) is 2.22. The molecule has 2 heterocycles. The van der Waals surface area contributed by atoms with Crippen LogP contribution >= 0.6 is 0 Å². The van der Waals surface area contributed by atoms with Gasteiger partial charge in [0.1, 0.15) is 0 Å². The van der Waals surface area contributed by atoms with Crippen LogP contribution in [0.4, 0.5) is 0 Å². The first-order valence-electron chi connectivity index (χ1n) is 6.04. The Bertz CT molecular complexity index is 474. The SMILES string of the molecule is C[C@@H]1CN(C(=O)c2ccc3c(c2)OCO3)CCO1. The van der Waals surface area contributed by atoms with Crippen LogP contribution in [0.1, 0.15) is 17.3 Å². The van der Waals surface area contributed by atoms with E-state index in [0.717, 1.165) is 0 Å². The standard InChI is InChI=1S/C13H15NO4/c1-9-7-14(4-5-16-9)13(15)10-2-3-11-12(6-10)18-8-17-11/h2-3,6,9H,4-5,7-8H2,1H3/t9-/m1/s1. The van der Waals surface area contributed by atoms with Gasteiger partial charge in [-0.25, -0.2) is 0 Å². The number of hydrogen-bond acceptors (Lipinski definition) is 4.